The van der Waals surface area contributed by atoms with Crippen molar-refractivity contribution in [2.45, 2.75) is 26.2 Å². The van der Waals surface area contributed by atoms with Crippen molar-refractivity contribution in [1.82, 2.24) is 10.2 Å². The van der Waals surface area contributed by atoms with E-state index >= 15 is 0 Å². The highest BCUT2D eigenvalue weighted by atomic mass is 16.3. The van der Waals surface area contributed by atoms with Crippen molar-refractivity contribution in [2.24, 2.45) is 5.92 Å². The van der Waals surface area contributed by atoms with Gasteiger partial charge in [0.15, 0.2) is 0 Å². The van der Waals surface area contributed by atoms with Crippen LogP contribution in [-0.4, -0.2) is 41.5 Å². The molecule has 0 saturated carbocycles. The lowest BCUT2D eigenvalue weighted by Crippen LogP contribution is -2.43. The summed E-state index contributed by atoms with van der Waals surface area (Å²) in [6.45, 7) is 3.83. The molecular formula is C16H22N2O3. The van der Waals surface area contributed by atoms with E-state index < -0.39 is 0 Å². The molecule has 0 bridgehead atoms. The van der Waals surface area contributed by atoms with Crippen molar-refractivity contribution in [3.05, 3.63) is 29.8 Å². The van der Waals surface area contributed by atoms with Crippen LogP contribution in [0.15, 0.2) is 24.3 Å². The minimum Gasteiger partial charge on any atom is -0.507 e. The van der Waals surface area contributed by atoms with E-state index in [-0.39, 0.29) is 23.5 Å². The molecule has 5 nitrogen and oxygen atoms in total. The van der Waals surface area contributed by atoms with Crippen molar-refractivity contribution in [2.75, 3.05) is 19.6 Å². The number of carbonyl (C=O) groups excluding carboxylic acids is 2. The lowest BCUT2D eigenvalue weighted by molar-refractivity contribution is -0.126. The molecule has 0 radical (unpaired) electrons. The third-order valence-corrected chi connectivity index (χ3v) is 3.84. The van der Waals surface area contributed by atoms with E-state index in [1.54, 1.807) is 23.1 Å². The van der Waals surface area contributed by atoms with Crippen LogP contribution in [0.5, 0.6) is 5.75 Å². The molecule has 21 heavy (non-hydrogen) atoms. The van der Waals surface area contributed by atoms with Crippen LogP contribution in [0.4, 0.5) is 0 Å². The first-order valence-corrected chi connectivity index (χ1v) is 7.48. The van der Waals surface area contributed by atoms with Crippen LogP contribution >= 0.6 is 0 Å². The molecule has 114 valence electrons. The number of aromatic hydroxyl groups is 1. The molecule has 1 saturated heterocycles. The molecule has 1 fully saturated rings. The Balaban J connectivity index is 1.91. The summed E-state index contributed by atoms with van der Waals surface area (Å²) in [5.74, 6) is -0.0812. The first-order chi connectivity index (χ1) is 10.1. The number of para-hydroxylation sites is 1. The Bertz CT molecular complexity index is 508. The van der Waals surface area contributed by atoms with Gasteiger partial charge in [-0.25, -0.2) is 0 Å². The van der Waals surface area contributed by atoms with Gasteiger partial charge in [-0.1, -0.05) is 19.1 Å². The van der Waals surface area contributed by atoms with E-state index in [9.17, 15) is 14.7 Å². The smallest absolute Gasteiger partial charge is 0.257 e. The zero-order valence-corrected chi connectivity index (χ0v) is 12.3. The van der Waals surface area contributed by atoms with Gasteiger partial charge in [-0.3, -0.25) is 9.59 Å². The van der Waals surface area contributed by atoms with Crippen LogP contribution in [0.2, 0.25) is 0 Å². The zero-order valence-electron chi connectivity index (χ0n) is 12.3. The molecule has 1 aliphatic heterocycles. The minimum absolute atomic E-state index is 0.00492. The number of phenols is 1. The number of piperidine rings is 1. The number of nitrogens with one attached hydrogen (secondary N) is 1. The lowest BCUT2D eigenvalue weighted by atomic mass is 9.95. The molecule has 2 N–H and O–H groups in total. The lowest BCUT2D eigenvalue weighted by Gasteiger charge is -2.31. The molecule has 5 heteroatoms. The fourth-order valence-corrected chi connectivity index (χ4v) is 2.56. The maximum atomic E-state index is 12.3. The summed E-state index contributed by atoms with van der Waals surface area (Å²) in [4.78, 5) is 25.9. The normalized spacial score (nSPS) is 15.8. The van der Waals surface area contributed by atoms with Gasteiger partial charge in [0, 0.05) is 25.6 Å². The average Bonchev–Trinajstić information content (AvgIpc) is 2.52. The topological polar surface area (TPSA) is 69.6 Å². The van der Waals surface area contributed by atoms with Crippen molar-refractivity contribution >= 4 is 11.8 Å². The van der Waals surface area contributed by atoms with Crippen molar-refractivity contribution in [3.63, 3.8) is 0 Å². The SMILES string of the molecule is CCCNC(=O)C1CCN(C(=O)c2ccccc2O)CC1. The Morgan fingerprint density at radius 2 is 1.95 bits per heavy atom. The zero-order chi connectivity index (χ0) is 15.2. The van der Waals surface area contributed by atoms with Crippen molar-refractivity contribution < 1.29 is 14.7 Å². The number of amides is 2. The van der Waals surface area contributed by atoms with Crippen molar-refractivity contribution in [3.8, 4) is 5.75 Å². The van der Waals surface area contributed by atoms with Gasteiger partial charge >= 0.3 is 0 Å². The molecule has 0 aliphatic carbocycles. The number of rotatable bonds is 4. The molecule has 0 aromatic heterocycles. The van der Waals surface area contributed by atoms with Gasteiger partial charge in [0.2, 0.25) is 5.91 Å². The quantitative estimate of drug-likeness (QED) is 0.888. The van der Waals surface area contributed by atoms with E-state index in [1.165, 1.54) is 6.07 Å². The van der Waals surface area contributed by atoms with Crippen LogP contribution in [0.3, 0.4) is 0 Å². The standard InChI is InChI=1S/C16H22N2O3/c1-2-9-17-15(20)12-7-10-18(11-8-12)16(21)13-5-3-4-6-14(13)19/h3-6,12,19H,2,7-11H2,1H3,(H,17,20). The third kappa shape index (κ3) is 3.74. The summed E-state index contributed by atoms with van der Waals surface area (Å²) >= 11 is 0. The molecule has 0 spiro atoms. The summed E-state index contributed by atoms with van der Waals surface area (Å²) in [6.07, 6.45) is 2.28. The van der Waals surface area contributed by atoms with Gasteiger partial charge in [0.1, 0.15) is 5.75 Å². The monoisotopic (exact) mass is 290 g/mol. The first-order valence-electron chi connectivity index (χ1n) is 7.48. The maximum absolute atomic E-state index is 12.3. The molecule has 1 aromatic carbocycles. The van der Waals surface area contributed by atoms with E-state index in [1.807, 2.05) is 6.92 Å². The Morgan fingerprint density at radius 1 is 1.29 bits per heavy atom. The van der Waals surface area contributed by atoms with E-state index in [0.717, 1.165) is 6.42 Å². The van der Waals surface area contributed by atoms with Crippen LogP contribution in [0, 0.1) is 5.92 Å². The van der Waals surface area contributed by atoms with Gasteiger partial charge in [0.05, 0.1) is 5.56 Å². The Labute approximate surface area is 125 Å². The number of hydrogen-bond donors (Lipinski definition) is 2. The molecule has 0 unspecified atom stereocenters. The van der Waals surface area contributed by atoms with Crippen LogP contribution in [-0.2, 0) is 4.79 Å². The second-order valence-electron chi connectivity index (χ2n) is 5.37. The molecule has 2 rings (SSSR count). The maximum Gasteiger partial charge on any atom is 0.257 e. The Morgan fingerprint density at radius 3 is 2.57 bits per heavy atom. The fourth-order valence-electron chi connectivity index (χ4n) is 2.56. The molecule has 0 atom stereocenters. The minimum atomic E-state index is -0.166. The number of phenolic OH excluding ortho intramolecular Hbond substituents is 1. The van der Waals surface area contributed by atoms with E-state index in [4.69, 9.17) is 0 Å². The van der Waals surface area contributed by atoms with Gasteiger partial charge in [0.25, 0.3) is 5.91 Å². The highest BCUT2D eigenvalue weighted by Gasteiger charge is 2.28. The molecule has 2 amide bonds. The van der Waals surface area contributed by atoms with Crippen LogP contribution in [0.1, 0.15) is 36.5 Å². The number of nitrogens with zero attached hydrogens (tertiary/aromatic N) is 1. The predicted octanol–water partition coefficient (Wildman–Crippen LogP) is 1.77. The van der Waals surface area contributed by atoms with E-state index in [2.05, 4.69) is 5.32 Å². The molecule has 1 aliphatic rings. The second kappa shape index (κ2) is 7.11. The first kappa shape index (κ1) is 15.4. The second-order valence-corrected chi connectivity index (χ2v) is 5.37. The van der Waals surface area contributed by atoms with Crippen molar-refractivity contribution in [1.29, 1.82) is 0 Å². The number of likely N-dealkylation sites (tertiary alicyclic amines) is 1. The van der Waals surface area contributed by atoms with Crippen LogP contribution < -0.4 is 5.32 Å². The van der Waals surface area contributed by atoms with Gasteiger partial charge in [-0.2, -0.15) is 0 Å². The number of carbonyl (C=O) groups is 2. The Kier molecular flexibility index (Phi) is 5.20. The van der Waals surface area contributed by atoms with Crippen LogP contribution in [0.25, 0.3) is 0 Å². The van der Waals surface area contributed by atoms with Gasteiger partial charge in [-0.05, 0) is 31.4 Å². The summed E-state index contributed by atoms with van der Waals surface area (Å²) in [6, 6.07) is 6.56. The largest absolute Gasteiger partial charge is 0.507 e. The highest BCUT2D eigenvalue weighted by Crippen LogP contribution is 2.22. The number of benzene rings is 1. The number of hydrogen-bond acceptors (Lipinski definition) is 3. The van der Waals surface area contributed by atoms with Gasteiger partial charge < -0.3 is 15.3 Å². The summed E-state index contributed by atoms with van der Waals surface area (Å²) < 4.78 is 0. The predicted molar refractivity (Wildman–Crippen MR) is 80.0 cm³/mol. The molecule has 1 aromatic rings. The molecule has 1 heterocycles. The third-order valence-electron chi connectivity index (χ3n) is 3.84. The highest BCUT2D eigenvalue weighted by molar-refractivity contribution is 5.97. The van der Waals surface area contributed by atoms with E-state index in [0.29, 0.717) is 38.0 Å². The van der Waals surface area contributed by atoms with Gasteiger partial charge in [-0.15, -0.1) is 0 Å². The average molecular weight is 290 g/mol. The summed E-state index contributed by atoms with van der Waals surface area (Å²) in [5.41, 5.74) is 0.325. The molecular weight excluding hydrogens is 268 g/mol. The fraction of sp³-hybridized carbons (Fsp3) is 0.500. The summed E-state index contributed by atoms with van der Waals surface area (Å²) in [7, 11) is 0. The Hall–Kier alpha value is -2.04. The summed E-state index contributed by atoms with van der Waals surface area (Å²) in [5, 5.41) is 12.6.